The summed E-state index contributed by atoms with van der Waals surface area (Å²) in [6.07, 6.45) is -0.448. The smallest absolute Gasteiger partial charge is 0.343 e. The van der Waals surface area contributed by atoms with E-state index in [9.17, 15) is 9.59 Å². The molecule has 1 atom stereocenters. The molecule has 0 saturated carbocycles. The lowest BCUT2D eigenvalue weighted by Gasteiger charge is -2.46. The van der Waals surface area contributed by atoms with Crippen LogP contribution in [0.4, 0.5) is 11.4 Å². The van der Waals surface area contributed by atoms with Crippen molar-refractivity contribution in [2.45, 2.75) is 12.7 Å². The van der Waals surface area contributed by atoms with Crippen molar-refractivity contribution in [3.8, 4) is 5.75 Å². The van der Waals surface area contributed by atoms with Crippen molar-refractivity contribution in [1.82, 2.24) is 0 Å². The summed E-state index contributed by atoms with van der Waals surface area (Å²) in [5, 5.41) is 0. The Hall–Kier alpha value is -4.58. The quantitative estimate of drug-likeness (QED) is 0.324. The normalized spacial score (nSPS) is 14.8. The van der Waals surface area contributed by atoms with Crippen LogP contribution in [0.25, 0.3) is 0 Å². The van der Waals surface area contributed by atoms with Gasteiger partial charge in [0.25, 0.3) is 5.91 Å². The van der Waals surface area contributed by atoms with Crippen molar-refractivity contribution in [2.75, 3.05) is 23.5 Å². The predicted molar refractivity (Wildman–Crippen MR) is 139 cm³/mol. The Morgan fingerprint density at radius 3 is 2.28 bits per heavy atom. The van der Waals surface area contributed by atoms with Gasteiger partial charge < -0.3 is 14.4 Å². The number of carbonyl (C=O) groups is 2. The molecule has 1 aliphatic heterocycles. The van der Waals surface area contributed by atoms with Crippen LogP contribution in [-0.4, -0.2) is 25.6 Å². The summed E-state index contributed by atoms with van der Waals surface area (Å²) < 4.78 is 10.4. The van der Waals surface area contributed by atoms with E-state index in [1.165, 1.54) is 7.11 Å². The number of methoxy groups -OCH3 is 1. The molecule has 4 aromatic carbocycles. The number of rotatable bonds is 7. The lowest BCUT2D eigenvalue weighted by Crippen LogP contribution is -2.49. The minimum Gasteiger partial charge on any atom is -0.482 e. The Morgan fingerprint density at radius 1 is 0.833 bits per heavy atom. The van der Waals surface area contributed by atoms with Gasteiger partial charge in [0.2, 0.25) is 0 Å². The summed E-state index contributed by atoms with van der Waals surface area (Å²) in [7, 11) is 1.33. The highest BCUT2D eigenvalue weighted by molar-refractivity contribution is 6.12. The van der Waals surface area contributed by atoms with Crippen LogP contribution in [-0.2, 0) is 16.1 Å². The highest BCUT2D eigenvalue weighted by Gasteiger charge is 2.39. The van der Waals surface area contributed by atoms with Gasteiger partial charge in [-0.25, -0.2) is 4.79 Å². The van der Waals surface area contributed by atoms with Gasteiger partial charge in [0, 0.05) is 12.2 Å². The first-order valence-corrected chi connectivity index (χ1v) is 11.7. The van der Waals surface area contributed by atoms with Crippen molar-refractivity contribution in [3.05, 3.63) is 126 Å². The van der Waals surface area contributed by atoms with E-state index in [2.05, 4.69) is 17.0 Å². The first-order chi connectivity index (χ1) is 17.7. The number of para-hydroxylation sites is 2. The van der Waals surface area contributed by atoms with Gasteiger partial charge in [0.1, 0.15) is 11.9 Å². The molecule has 0 radical (unpaired) electrons. The number of fused-ring (bicyclic) bond motifs is 1. The minimum atomic E-state index is -0.459. The average Bonchev–Trinajstić information content (AvgIpc) is 2.94. The van der Waals surface area contributed by atoms with Gasteiger partial charge in [-0.3, -0.25) is 9.69 Å². The molecule has 1 aliphatic rings. The van der Waals surface area contributed by atoms with Crippen molar-refractivity contribution < 1.29 is 19.1 Å². The molecule has 0 aliphatic carbocycles. The molecule has 0 N–H and O–H groups in total. The van der Waals surface area contributed by atoms with E-state index in [1.54, 1.807) is 6.07 Å². The first-order valence-electron chi connectivity index (χ1n) is 11.7. The number of ether oxygens (including phenoxy) is 2. The van der Waals surface area contributed by atoms with Crippen LogP contribution in [0, 0.1) is 0 Å². The molecule has 0 unspecified atom stereocenters. The second-order valence-electron chi connectivity index (χ2n) is 8.45. The molecule has 4 aromatic rings. The summed E-state index contributed by atoms with van der Waals surface area (Å²) >= 11 is 0. The molecule has 0 fully saturated rings. The second-order valence-corrected chi connectivity index (χ2v) is 8.45. The fourth-order valence-electron chi connectivity index (χ4n) is 4.51. The standard InChI is InChI=1S/C30H26N2O4/c1-35-28(33)21-36-25-16-10-13-23(19-25)29-31(20-22-11-4-2-5-12-22)27-18-9-8-17-26(27)30(34)32(29)24-14-6-3-7-15-24/h2-19,29H,20-21H2,1H3/t29-/m1/s1. The molecular formula is C30H26N2O4. The second kappa shape index (κ2) is 10.4. The molecule has 6 heteroatoms. The van der Waals surface area contributed by atoms with Gasteiger partial charge in [0.15, 0.2) is 6.61 Å². The number of esters is 1. The number of amides is 1. The number of nitrogens with zero attached hydrogens (tertiary/aromatic N) is 2. The van der Waals surface area contributed by atoms with Gasteiger partial charge in [-0.1, -0.05) is 72.8 Å². The van der Waals surface area contributed by atoms with Gasteiger partial charge >= 0.3 is 5.97 Å². The van der Waals surface area contributed by atoms with Gasteiger partial charge in [-0.05, 0) is 47.5 Å². The van der Waals surface area contributed by atoms with Crippen LogP contribution < -0.4 is 14.5 Å². The highest BCUT2D eigenvalue weighted by atomic mass is 16.6. The molecule has 5 rings (SSSR count). The van der Waals surface area contributed by atoms with Crippen LogP contribution in [0.5, 0.6) is 5.75 Å². The average molecular weight is 479 g/mol. The van der Waals surface area contributed by atoms with E-state index >= 15 is 0 Å². The number of carbonyl (C=O) groups excluding carboxylic acids is 2. The molecule has 0 saturated heterocycles. The minimum absolute atomic E-state index is 0.0769. The molecular weight excluding hydrogens is 452 g/mol. The van der Waals surface area contributed by atoms with Crippen molar-refractivity contribution >= 4 is 23.3 Å². The molecule has 0 aromatic heterocycles. The third-order valence-electron chi connectivity index (χ3n) is 6.17. The van der Waals surface area contributed by atoms with Crippen molar-refractivity contribution in [1.29, 1.82) is 0 Å². The maximum atomic E-state index is 13.9. The number of benzene rings is 4. The van der Waals surface area contributed by atoms with Crippen LogP contribution in [0.2, 0.25) is 0 Å². The lowest BCUT2D eigenvalue weighted by atomic mass is 9.99. The number of hydrogen-bond donors (Lipinski definition) is 0. The maximum Gasteiger partial charge on any atom is 0.343 e. The van der Waals surface area contributed by atoms with E-state index < -0.39 is 12.1 Å². The van der Waals surface area contributed by atoms with E-state index in [0.717, 1.165) is 22.5 Å². The van der Waals surface area contributed by atoms with Crippen LogP contribution >= 0.6 is 0 Å². The molecule has 1 heterocycles. The molecule has 36 heavy (non-hydrogen) atoms. The molecule has 1 amide bonds. The monoisotopic (exact) mass is 478 g/mol. The van der Waals surface area contributed by atoms with Crippen LogP contribution in [0.15, 0.2) is 109 Å². The largest absolute Gasteiger partial charge is 0.482 e. The summed E-state index contributed by atoms with van der Waals surface area (Å²) in [5.74, 6) is -0.0114. The van der Waals surface area contributed by atoms with Crippen molar-refractivity contribution in [3.63, 3.8) is 0 Å². The highest BCUT2D eigenvalue weighted by Crippen LogP contribution is 2.42. The zero-order valence-corrected chi connectivity index (χ0v) is 19.9. The van der Waals surface area contributed by atoms with E-state index in [0.29, 0.717) is 17.9 Å². The van der Waals surface area contributed by atoms with Gasteiger partial charge in [-0.15, -0.1) is 0 Å². The fourth-order valence-corrected chi connectivity index (χ4v) is 4.51. The molecule has 6 nitrogen and oxygen atoms in total. The zero-order valence-electron chi connectivity index (χ0n) is 19.9. The Bertz CT molecular complexity index is 1360. The SMILES string of the molecule is COC(=O)COc1cccc([C@@H]2N(Cc3ccccc3)c3ccccc3C(=O)N2c2ccccc2)c1. The molecule has 180 valence electrons. The Kier molecular flexibility index (Phi) is 6.67. The van der Waals surface area contributed by atoms with Crippen LogP contribution in [0.1, 0.15) is 27.7 Å². The molecule has 0 spiro atoms. The predicted octanol–water partition coefficient (Wildman–Crippen LogP) is 5.60. The van der Waals surface area contributed by atoms with E-state index in [-0.39, 0.29) is 12.5 Å². The number of hydrogen-bond acceptors (Lipinski definition) is 5. The van der Waals surface area contributed by atoms with Gasteiger partial charge in [-0.2, -0.15) is 0 Å². The lowest BCUT2D eigenvalue weighted by molar-refractivity contribution is -0.142. The topological polar surface area (TPSA) is 59.1 Å². The fraction of sp³-hybridized carbons (Fsp3) is 0.133. The first kappa shape index (κ1) is 23.2. The zero-order chi connectivity index (χ0) is 24.9. The Balaban J connectivity index is 1.65. The third-order valence-corrected chi connectivity index (χ3v) is 6.17. The van der Waals surface area contributed by atoms with E-state index in [1.807, 2.05) is 95.9 Å². The van der Waals surface area contributed by atoms with Crippen LogP contribution in [0.3, 0.4) is 0 Å². The summed E-state index contributed by atoms with van der Waals surface area (Å²) in [4.78, 5) is 29.6. The summed E-state index contributed by atoms with van der Waals surface area (Å²) in [6.45, 7) is 0.398. The van der Waals surface area contributed by atoms with E-state index in [4.69, 9.17) is 9.47 Å². The Morgan fingerprint density at radius 2 is 1.53 bits per heavy atom. The Labute approximate surface area is 210 Å². The maximum absolute atomic E-state index is 13.9. The third kappa shape index (κ3) is 4.66. The van der Waals surface area contributed by atoms with Gasteiger partial charge in [0.05, 0.1) is 18.4 Å². The summed E-state index contributed by atoms with van der Waals surface area (Å²) in [5.41, 5.74) is 4.29. The number of anilines is 2. The van der Waals surface area contributed by atoms with Crippen molar-refractivity contribution in [2.24, 2.45) is 0 Å². The molecule has 0 bridgehead atoms. The summed E-state index contributed by atoms with van der Waals surface area (Å²) in [6, 6.07) is 35.1.